The summed E-state index contributed by atoms with van der Waals surface area (Å²) in [6, 6.07) is 14.5. The van der Waals surface area contributed by atoms with Gasteiger partial charge in [0.2, 0.25) is 11.8 Å². The largest absolute Gasteiger partial charge is 0.325 e. The summed E-state index contributed by atoms with van der Waals surface area (Å²) in [6.07, 6.45) is 0. The average Bonchev–Trinajstić information content (AvgIpc) is 2.52. The van der Waals surface area contributed by atoms with Gasteiger partial charge in [-0.1, -0.05) is 29.8 Å². The van der Waals surface area contributed by atoms with E-state index in [1.165, 1.54) is 11.8 Å². The second kappa shape index (κ2) is 8.60. The van der Waals surface area contributed by atoms with E-state index >= 15 is 0 Å². The summed E-state index contributed by atoms with van der Waals surface area (Å²) < 4.78 is 0. The minimum atomic E-state index is -0.149. The molecule has 0 unspecified atom stereocenters. The zero-order chi connectivity index (χ0) is 16.7. The summed E-state index contributed by atoms with van der Waals surface area (Å²) in [7, 11) is 0. The maximum Gasteiger partial charge on any atom is 0.234 e. The summed E-state index contributed by atoms with van der Waals surface area (Å²) >= 11 is 7.21. The van der Waals surface area contributed by atoms with E-state index in [9.17, 15) is 9.59 Å². The first-order valence-corrected chi connectivity index (χ1v) is 8.56. The van der Waals surface area contributed by atoms with Crippen LogP contribution in [0.15, 0.2) is 48.5 Å². The number of para-hydroxylation sites is 1. The fraction of sp³-hybridized carbons (Fsp3) is 0.176. The second-order valence-electron chi connectivity index (χ2n) is 4.92. The molecule has 120 valence electrons. The normalized spacial score (nSPS) is 10.2. The van der Waals surface area contributed by atoms with Gasteiger partial charge < -0.3 is 10.6 Å². The smallest absolute Gasteiger partial charge is 0.234 e. The number of hydrogen-bond donors (Lipinski definition) is 2. The first kappa shape index (κ1) is 17.4. The van der Waals surface area contributed by atoms with E-state index in [0.29, 0.717) is 10.7 Å². The van der Waals surface area contributed by atoms with Crippen molar-refractivity contribution >= 4 is 46.6 Å². The molecule has 2 aromatic rings. The van der Waals surface area contributed by atoms with Gasteiger partial charge in [-0.05, 0) is 42.8 Å². The molecule has 2 amide bonds. The maximum atomic E-state index is 11.9. The van der Waals surface area contributed by atoms with Gasteiger partial charge in [0.1, 0.15) is 0 Å². The van der Waals surface area contributed by atoms with E-state index in [0.717, 1.165) is 11.3 Å². The van der Waals surface area contributed by atoms with Crippen LogP contribution >= 0.6 is 23.4 Å². The monoisotopic (exact) mass is 348 g/mol. The Labute approximate surface area is 144 Å². The third kappa shape index (κ3) is 5.96. The van der Waals surface area contributed by atoms with Crippen LogP contribution in [0.5, 0.6) is 0 Å². The standard InChI is InChI=1S/C17H17ClN2O2S/c1-12-9-14(7-8-15(12)18)20-17(22)11-23-10-16(21)19-13-5-3-2-4-6-13/h2-9H,10-11H2,1H3,(H,19,21)(H,20,22). The molecule has 23 heavy (non-hydrogen) atoms. The Morgan fingerprint density at radius 2 is 1.57 bits per heavy atom. The molecule has 0 heterocycles. The minimum Gasteiger partial charge on any atom is -0.325 e. The van der Waals surface area contributed by atoms with Crippen LogP contribution in [0.3, 0.4) is 0 Å². The third-order valence-corrected chi connectivity index (χ3v) is 4.32. The first-order chi connectivity index (χ1) is 11.0. The van der Waals surface area contributed by atoms with Crippen LogP contribution in [0.1, 0.15) is 5.56 Å². The van der Waals surface area contributed by atoms with Gasteiger partial charge in [0.05, 0.1) is 11.5 Å². The van der Waals surface area contributed by atoms with Gasteiger partial charge in [-0.25, -0.2) is 0 Å². The Balaban J connectivity index is 1.72. The number of thioether (sulfide) groups is 1. The van der Waals surface area contributed by atoms with Gasteiger partial charge >= 0.3 is 0 Å². The van der Waals surface area contributed by atoms with Crippen molar-refractivity contribution in [3.8, 4) is 0 Å². The number of nitrogens with one attached hydrogen (secondary N) is 2. The van der Waals surface area contributed by atoms with Crippen LogP contribution in [-0.4, -0.2) is 23.3 Å². The zero-order valence-corrected chi connectivity index (χ0v) is 14.2. The quantitative estimate of drug-likeness (QED) is 0.830. The van der Waals surface area contributed by atoms with Crippen molar-refractivity contribution in [1.82, 2.24) is 0 Å². The molecule has 0 spiro atoms. The van der Waals surface area contributed by atoms with Crippen molar-refractivity contribution in [3.05, 3.63) is 59.1 Å². The molecule has 0 radical (unpaired) electrons. The van der Waals surface area contributed by atoms with Crippen LogP contribution in [0, 0.1) is 6.92 Å². The molecule has 2 rings (SSSR count). The SMILES string of the molecule is Cc1cc(NC(=O)CSCC(=O)Nc2ccccc2)ccc1Cl. The number of rotatable bonds is 6. The number of aryl methyl sites for hydroxylation is 1. The lowest BCUT2D eigenvalue weighted by Crippen LogP contribution is -2.18. The molecule has 2 N–H and O–H groups in total. The van der Waals surface area contributed by atoms with Crippen molar-refractivity contribution in [1.29, 1.82) is 0 Å². The highest BCUT2D eigenvalue weighted by Gasteiger charge is 2.07. The minimum absolute atomic E-state index is 0.128. The van der Waals surface area contributed by atoms with Gasteiger partial charge in [0.25, 0.3) is 0 Å². The molecule has 0 aliphatic heterocycles. The predicted octanol–water partition coefficient (Wildman–Crippen LogP) is 3.96. The third-order valence-electron chi connectivity index (χ3n) is 2.97. The Bertz CT molecular complexity index is 692. The van der Waals surface area contributed by atoms with Crippen molar-refractivity contribution in [3.63, 3.8) is 0 Å². The van der Waals surface area contributed by atoms with E-state index in [-0.39, 0.29) is 23.3 Å². The second-order valence-corrected chi connectivity index (χ2v) is 6.31. The van der Waals surface area contributed by atoms with E-state index in [1.807, 2.05) is 43.3 Å². The number of benzene rings is 2. The van der Waals surface area contributed by atoms with Crippen molar-refractivity contribution in [2.24, 2.45) is 0 Å². The molecule has 0 fully saturated rings. The molecule has 0 atom stereocenters. The molecule has 2 aromatic carbocycles. The summed E-state index contributed by atoms with van der Waals surface area (Å²) in [5.74, 6) is 0.159. The van der Waals surface area contributed by atoms with Crippen LogP contribution in [0.4, 0.5) is 11.4 Å². The number of carbonyl (C=O) groups excluding carboxylic acids is 2. The highest BCUT2D eigenvalue weighted by Crippen LogP contribution is 2.19. The topological polar surface area (TPSA) is 58.2 Å². The van der Waals surface area contributed by atoms with Gasteiger partial charge in [0, 0.05) is 16.4 Å². The predicted molar refractivity (Wildman–Crippen MR) is 97.2 cm³/mol. The number of hydrogen-bond acceptors (Lipinski definition) is 3. The molecule has 6 heteroatoms. The van der Waals surface area contributed by atoms with Gasteiger partial charge in [-0.3, -0.25) is 9.59 Å². The van der Waals surface area contributed by atoms with Crippen molar-refractivity contribution in [2.75, 3.05) is 22.1 Å². The molecular weight excluding hydrogens is 332 g/mol. The lowest BCUT2D eigenvalue weighted by atomic mass is 10.2. The molecule has 4 nitrogen and oxygen atoms in total. The Hall–Kier alpha value is -1.98. The van der Waals surface area contributed by atoms with Crippen molar-refractivity contribution in [2.45, 2.75) is 6.92 Å². The summed E-state index contributed by atoms with van der Waals surface area (Å²) in [5.41, 5.74) is 2.35. The Morgan fingerprint density at radius 1 is 0.957 bits per heavy atom. The molecule has 0 aliphatic carbocycles. The average molecular weight is 349 g/mol. The fourth-order valence-corrected chi connectivity index (χ4v) is 2.61. The summed E-state index contributed by atoms with van der Waals surface area (Å²) in [5, 5.41) is 6.22. The van der Waals surface area contributed by atoms with Crippen LogP contribution in [-0.2, 0) is 9.59 Å². The summed E-state index contributed by atoms with van der Waals surface area (Å²) in [6.45, 7) is 1.88. The van der Waals surface area contributed by atoms with E-state index in [4.69, 9.17) is 11.6 Å². The summed E-state index contributed by atoms with van der Waals surface area (Å²) in [4.78, 5) is 23.6. The van der Waals surface area contributed by atoms with E-state index < -0.39 is 0 Å². The molecule has 0 saturated carbocycles. The maximum absolute atomic E-state index is 11.9. The fourth-order valence-electron chi connectivity index (χ4n) is 1.87. The number of amides is 2. The van der Waals surface area contributed by atoms with E-state index in [1.54, 1.807) is 12.1 Å². The van der Waals surface area contributed by atoms with Gasteiger partial charge in [-0.15, -0.1) is 11.8 Å². The molecule has 0 aliphatic rings. The lowest BCUT2D eigenvalue weighted by Gasteiger charge is -2.07. The highest BCUT2D eigenvalue weighted by molar-refractivity contribution is 8.00. The van der Waals surface area contributed by atoms with Crippen LogP contribution in [0.25, 0.3) is 0 Å². The van der Waals surface area contributed by atoms with E-state index in [2.05, 4.69) is 10.6 Å². The van der Waals surface area contributed by atoms with Gasteiger partial charge in [0.15, 0.2) is 0 Å². The lowest BCUT2D eigenvalue weighted by molar-refractivity contribution is -0.114. The zero-order valence-electron chi connectivity index (χ0n) is 12.6. The number of carbonyl (C=O) groups is 2. The highest BCUT2D eigenvalue weighted by atomic mass is 35.5. The van der Waals surface area contributed by atoms with Crippen LogP contribution < -0.4 is 10.6 Å². The number of halogens is 1. The number of anilines is 2. The van der Waals surface area contributed by atoms with Crippen molar-refractivity contribution < 1.29 is 9.59 Å². The van der Waals surface area contributed by atoms with Gasteiger partial charge in [-0.2, -0.15) is 0 Å². The molecule has 0 aromatic heterocycles. The molecule has 0 bridgehead atoms. The molecule has 0 saturated heterocycles. The Kier molecular flexibility index (Phi) is 6.50. The van der Waals surface area contributed by atoms with Crippen LogP contribution in [0.2, 0.25) is 5.02 Å². The molecular formula is C17H17ClN2O2S. The first-order valence-electron chi connectivity index (χ1n) is 7.03. The Morgan fingerprint density at radius 3 is 2.17 bits per heavy atom.